The van der Waals surface area contributed by atoms with Crippen molar-refractivity contribution in [3.05, 3.63) is 29.6 Å². The molecule has 1 aliphatic rings. The monoisotopic (exact) mass is 239 g/mol. The second kappa shape index (κ2) is 5.02. The van der Waals surface area contributed by atoms with Gasteiger partial charge in [-0.2, -0.15) is 0 Å². The zero-order chi connectivity index (χ0) is 12.4. The summed E-state index contributed by atoms with van der Waals surface area (Å²) in [6, 6.07) is 4.96. The Hall–Kier alpha value is -1.13. The summed E-state index contributed by atoms with van der Waals surface area (Å²) in [5.41, 5.74) is 1.15. The predicted molar refractivity (Wildman–Crippen MR) is 64.7 cm³/mol. The van der Waals surface area contributed by atoms with Gasteiger partial charge in [0, 0.05) is 18.2 Å². The molecule has 1 saturated heterocycles. The number of ether oxygens (including phenoxy) is 1. The highest BCUT2D eigenvalue weighted by Crippen LogP contribution is 2.31. The molecule has 4 heteroatoms. The highest BCUT2D eigenvalue weighted by molar-refractivity contribution is 5.56. The largest absolute Gasteiger partial charge is 0.389 e. The second-order valence-corrected chi connectivity index (χ2v) is 4.47. The molecule has 94 valence electrons. The summed E-state index contributed by atoms with van der Waals surface area (Å²) in [4.78, 5) is 1.97. The molecule has 1 aromatic rings. The topological polar surface area (TPSA) is 32.7 Å². The van der Waals surface area contributed by atoms with Gasteiger partial charge in [0.05, 0.1) is 25.0 Å². The number of hydrogen-bond donors (Lipinski definition) is 1. The minimum atomic E-state index is -0.671. The number of morpholine rings is 1. The number of para-hydroxylation sites is 1. The van der Waals surface area contributed by atoms with Gasteiger partial charge in [-0.05, 0) is 19.9 Å². The number of rotatable bonds is 2. The van der Waals surface area contributed by atoms with Crippen LogP contribution >= 0.6 is 0 Å². The van der Waals surface area contributed by atoms with Crippen molar-refractivity contribution >= 4 is 5.69 Å². The molecule has 17 heavy (non-hydrogen) atoms. The first-order valence-electron chi connectivity index (χ1n) is 5.92. The van der Waals surface area contributed by atoms with E-state index in [0.717, 1.165) is 0 Å². The highest BCUT2D eigenvalue weighted by Gasteiger charge is 2.25. The average molecular weight is 239 g/mol. The van der Waals surface area contributed by atoms with Crippen LogP contribution in [0, 0.1) is 5.82 Å². The van der Waals surface area contributed by atoms with Gasteiger partial charge in [-0.1, -0.05) is 12.1 Å². The van der Waals surface area contributed by atoms with Crippen LogP contribution in [0.2, 0.25) is 0 Å². The van der Waals surface area contributed by atoms with Crippen LogP contribution in [0.15, 0.2) is 18.2 Å². The zero-order valence-corrected chi connectivity index (χ0v) is 10.2. The summed E-state index contributed by atoms with van der Waals surface area (Å²) in [5.74, 6) is -0.280. The molecule has 0 amide bonds. The smallest absolute Gasteiger partial charge is 0.146 e. The number of anilines is 1. The normalized spacial score (nSPS) is 22.6. The lowest BCUT2D eigenvalue weighted by Crippen LogP contribution is -2.44. The Bertz CT molecular complexity index is 395. The molecule has 3 nitrogen and oxygen atoms in total. The Morgan fingerprint density at radius 1 is 1.53 bits per heavy atom. The first kappa shape index (κ1) is 12.3. The summed E-state index contributed by atoms with van der Waals surface area (Å²) in [5, 5.41) is 9.72. The predicted octanol–water partition coefficient (Wildman–Crippen LogP) is 2.10. The van der Waals surface area contributed by atoms with E-state index in [1.807, 2.05) is 11.8 Å². The van der Waals surface area contributed by atoms with E-state index in [2.05, 4.69) is 0 Å². The number of hydrogen-bond acceptors (Lipinski definition) is 3. The van der Waals surface area contributed by atoms with Crippen LogP contribution < -0.4 is 4.90 Å². The fourth-order valence-electron chi connectivity index (χ4n) is 2.23. The molecule has 1 fully saturated rings. The van der Waals surface area contributed by atoms with Crippen LogP contribution in [0.5, 0.6) is 0 Å². The van der Waals surface area contributed by atoms with Crippen molar-refractivity contribution in [3.63, 3.8) is 0 Å². The van der Waals surface area contributed by atoms with Crippen molar-refractivity contribution in [2.24, 2.45) is 0 Å². The standard InChI is InChI=1S/C13H18FNO2/c1-9-8-17-7-6-15(9)13-11(10(2)16)4-3-5-12(13)14/h3-5,9-10,16H,6-8H2,1-2H3. The molecule has 1 N–H and O–H groups in total. The van der Waals surface area contributed by atoms with Crippen LogP contribution in [-0.4, -0.2) is 30.9 Å². The van der Waals surface area contributed by atoms with E-state index in [0.29, 0.717) is 31.0 Å². The number of aliphatic hydroxyl groups excluding tert-OH is 1. The van der Waals surface area contributed by atoms with Gasteiger partial charge in [-0.25, -0.2) is 4.39 Å². The van der Waals surface area contributed by atoms with Crippen molar-refractivity contribution in [2.75, 3.05) is 24.7 Å². The van der Waals surface area contributed by atoms with E-state index < -0.39 is 6.10 Å². The van der Waals surface area contributed by atoms with Crippen LogP contribution in [0.4, 0.5) is 10.1 Å². The van der Waals surface area contributed by atoms with Gasteiger partial charge in [0.25, 0.3) is 0 Å². The maximum atomic E-state index is 14.0. The molecule has 1 aromatic carbocycles. The summed E-state index contributed by atoms with van der Waals surface area (Å²) >= 11 is 0. The van der Waals surface area contributed by atoms with E-state index in [1.165, 1.54) is 6.07 Å². The Kier molecular flexibility index (Phi) is 3.64. The molecule has 2 unspecified atom stereocenters. The van der Waals surface area contributed by atoms with Gasteiger partial charge < -0.3 is 14.7 Å². The fraction of sp³-hybridized carbons (Fsp3) is 0.538. The zero-order valence-electron chi connectivity index (χ0n) is 10.2. The van der Waals surface area contributed by atoms with E-state index in [-0.39, 0.29) is 11.9 Å². The van der Waals surface area contributed by atoms with Crippen LogP contribution in [-0.2, 0) is 4.74 Å². The summed E-state index contributed by atoms with van der Waals surface area (Å²) in [6.07, 6.45) is -0.671. The maximum Gasteiger partial charge on any atom is 0.146 e. The first-order valence-corrected chi connectivity index (χ1v) is 5.92. The Labute approximate surface area is 101 Å². The van der Waals surface area contributed by atoms with E-state index in [1.54, 1.807) is 19.1 Å². The molecule has 2 rings (SSSR count). The third kappa shape index (κ3) is 2.42. The summed E-state index contributed by atoms with van der Waals surface area (Å²) in [6.45, 7) is 5.49. The van der Waals surface area contributed by atoms with Gasteiger partial charge in [-0.15, -0.1) is 0 Å². The van der Waals surface area contributed by atoms with Crippen LogP contribution in [0.25, 0.3) is 0 Å². The number of aliphatic hydroxyl groups is 1. The lowest BCUT2D eigenvalue weighted by Gasteiger charge is -2.37. The molecule has 0 aliphatic carbocycles. The lowest BCUT2D eigenvalue weighted by atomic mass is 10.0. The molecule has 0 radical (unpaired) electrons. The fourth-order valence-corrected chi connectivity index (χ4v) is 2.23. The molecule has 2 atom stereocenters. The Morgan fingerprint density at radius 2 is 2.29 bits per heavy atom. The van der Waals surface area contributed by atoms with Gasteiger partial charge in [0.2, 0.25) is 0 Å². The molecule has 0 saturated carbocycles. The quantitative estimate of drug-likeness (QED) is 0.858. The molecule has 1 aliphatic heterocycles. The minimum absolute atomic E-state index is 0.123. The number of nitrogens with zero attached hydrogens (tertiary/aromatic N) is 1. The van der Waals surface area contributed by atoms with Gasteiger partial charge in [-0.3, -0.25) is 0 Å². The van der Waals surface area contributed by atoms with Crippen LogP contribution in [0.3, 0.4) is 0 Å². The Morgan fingerprint density at radius 3 is 2.94 bits per heavy atom. The van der Waals surface area contributed by atoms with Gasteiger partial charge in [0.15, 0.2) is 0 Å². The van der Waals surface area contributed by atoms with Gasteiger partial charge in [0.1, 0.15) is 5.82 Å². The highest BCUT2D eigenvalue weighted by atomic mass is 19.1. The van der Waals surface area contributed by atoms with Crippen molar-refractivity contribution in [3.8, 4) is 0 Å². The maximum absolute atomic E-state index is 14.0. The summed E-state index contributed by atoms with van der Waals surface area (Å²) in [7, 11) is 0. The van der Waals surface area contributed by atoms with Gasteiger partial charge >= 0.3 is 0 Å². The van der Waals surface area contributed by atoms with Crippen molar-refractivity contribution in [1.82, 2.24) is 0 Å². The molecular formula is C13H18FNO2. The van der Waals surface area contributed by atoms with E-state index in [4.69, 9.17) is 4.74 Å². The SMILES string of the molecule is CC(O)c1cccc(F)c1N1CCOCC1C. The van der Waals surface area contributed by atoms with Crippen LogP contribution in [0.1, 0.15) is 25.5 Å². The third-order valence-corrected chi connectivity index (χ3v) is 3.12. The molecule has 0 bridgehead atoms. The molecule has 0 aromatic heterocycles. The first-order chi connectivity index (χ1) is 8.11. The second-order valence-electron chi connectivity index (χ2n) is 4.47. The minimum Gasteiger partial charge on any atom is -0.389 e. The lowest BCUT2D eigenvalue weighted by molar-refractivity contribution is 0.0980. The third-order valence-electron chi connectivity index (χ3n) is 3.12. The number of halogens is 1. The van der Waals surface area contributed by atoms with E-state index >= 15 is 0 Å². The number of benzene rings is 1. The molecule has 0 spiro atoms. The van der Waals surface area contributed by atoms with Crippen molar-refractivity contribution < 1.29 is 14.2 Å². The molecular weight excluding hydrogens is 221 g/mol. The van der Waals surface area contributed by atoms with E-state index in [9.17, 15) is 9.50 Å². The van der Waals surface area contributed by atoms with Crippen molar-refractivity contribution in [1.29, 1.82) is 0 Å². The average Bonchev–Trinajstić information content (AvgIpc) is 2.30. The molecule has 1 heterocycles. The van der Waals surface area contributed by atoms with Crippen molar-refractivity contribution in [2.45, 2.75) is 26.0 Å². The summed E-state index contributed by atoms with van der Waals surface area (Å²) < 4.78 is 19.3. The Balaban J connectivity index is 2.41.